The van der Waals surface area contributed by atoms with Crippen molar-refractivity contribution in [2.24, 2.45) is 4.99 Å². The molecule has 8 heteroatoms. The van der Waals surface area contributed by atoms with E-state index in [2.05, 4.69) is 37.4 Å². The third kappa shape index (κ3) is 4.70. The molecule has 6 nitrogen and oxygen atoms in total. The van der Waals surface area contributed by atoms with Gasteiger partial charge in [0.05, 0.1) is 35.3 Å². The van der Waals surface area contributed by atoms with Gasteiger partial charge in [0.1, 0.15) is 0 Å². The number of thioether (sulfide) groups is 1. The number of nitrogens with one attached hydrogen (secondary N) is 1. The van der Waals surface area contributed by atoms with Crippen molar-refractivity contribution in [2.45, 2.75) is 13.0 Å². The van der Waals surface area contributed by atoms with Gasteiger partial charge in [-0.05, 0) is 42.1 Å². The van der Waals surface area contributed by atoms with E-state index in [4.69, 9.17) is 5.26 Å². The maximum Gasteiger partial charge on any atom is 0.264 e. The highest BCUT2D eigenvalue weighted by Crippen LogP contribution is 2.31. The van der Waals surface area contributed by atoms with Gasteiger partial charge in [-0.1, -0.05) is 46.3 Å². The summed E-state index contributed by atoms with van der Waals surface area (Å²) in [7, 11) is 0. The van der Waals surface area contributed by atoms with Crippen molar-refractivity contribution in [1.29, 1.82) is 5.26 Å². The lowest BCUT2D eigenvalue weighted by Gasteiger charge is -2.00. The average Bonchev–Trinajstić information content (AvgIpc) is 3.31. The van der Waals surface area contributed by atoms with E-state index in [1.54, 1.807) is 4.68 Å². The van der Waals surface area contributed by atoms with Gasteiger partial charge in [-0.2, -0.15) is 10.4 Å². The third-order valence-electron chi connectivity index (χ3n) is 4.28. The minimum atomic E-state index is -0.193. The fourth-order valence-electron chi connectivity index (χ4n) is 2.90. The number of amides is 1. The van der Waals surface area contributed by atoms with E-state index in [1.807, 2.05) is 66.9 Å². The van der Waals surface area contributed by atoms with Crippen LogP contribution in [-0.2, 0) is 11.3 Å². The molecule has 2 heterocycles. The normalized spacial score (nSPS) is 16.1. The Labute approximate surface area is 186 Å². The van der Waals surface area contributed by atoms with Gasteiger partial charge in [0.15, 0.2) is 5.17 Å². The van der Waals surface area contributed by atoms with Crippen molar-refractivity contribution < 1.29 is 4.79 Å². The Balaban J connectivity index is 1.67. The maximum absolute atomic E-state index is 12.5. The van der Waals surface area contributed by atoms with E-state index >= 15 is 0 Å². The lowest BCUT2D eigenvalue weighted by atomic mass is 10.1. The number of aromatic nitrogens is 2. The van der Waals surface area contributed by atoms with E-state index < -0.39 is 0 Å². The van der Waals surface area contributed by atoms with Crippen molar-refractivity contribution in [3.63, 3.8) is 0 Å². The molecular weight excluding hydrogens is 462 g/mol. The van der Waals surface area contributed by atoms with Crippen LogP contribution in [0.3, 0.4) is 0 Å². The van der Waals surface area contributed by atoms with Gasteiger partial charge in [-0.15, -0.1) is 0 Å². The second kappa shape index (κ2) is 9.11. The molecule has 2 aromatic carbocycles. The molecule has 148 valence electrons. The van der Waals surface area contributed by atoms with Crippen LogP contribution in [0, 0.1) is 11.3 Å². The highest BCUT2D eigenvalue weighted by molar-refractivity contribution is 9.10. The Hall–Kier alpha value is -3.15. The summed E-state index contributed by atoms with van der Waals surface area (Å²) < 4.78 is 2.71. The summed E-state index contributed by atoms with van der Waals surface area (Å²) in [4.78, 5) is 17.5. The number of nitriles is 1. The molecule has 1 aromatic heterocycles. The van der Waals surface area contributed by atoms with E-state index in [0.717, 1.165) is 27.0 Å². The van der Waals surface area contributed by atoms with Crippen LogP contribution in [-0.4, -0.2) is 20.9 Å². The molecule has 1 N–H and O–H groups in total. The number of aliphatic imine (C=N–C) groups is 1. The first kappa shape index (κ1) is 20.1. The number of hydrogen-bond acceptors (Lipinski definition) is 5. The number of para-hydroxylation sites is 1. The van der Waals surface area contributed by atoms with Crippen LogP contribution in [0.2, 0.25) is 0 Å². The smallest absolute Gasteiger partial charge is 0.264 e. The Bertz CT molecular complexity index is 1180. The molecule has 0 spiro atoms. The van der Waals surface area contributed by atoms with Gasteiger partial charge in [-0.3, -0.25) is 9.48 Å². The molecular formula is C22H16BrN5OS. The fourth-order valence-corrected chi connectivity index (χ4v) is 3.99. The highest BCUT2D eigenvalue weighted by atomic mass is 79.9. The maximum atomic E-state index is 12.5. The minimum absolute atomic E-state index is 0.193. The van der Waals surface area contributed by atoms with Gasteiger partial charge < -0.3 is 5.32 Å². The lowest BCUT2D eigenvalue weighted by Crippen LogP contribution is -2.19. The predicted octanol–water partition coefficient (Wildman–Crippen LogP) is 5.12. The zero-order valence-electron chi connectivity index (χ0n) is 15.7. The van der Waals surface area contributed by atoms with Gasteiger partial charge in [0.25, 0.3) is 5.91 Å². The molecule has 1 aliphatic heterocycles. The zero-order valence-corrected chi connectivity index (χ0v) is 18.2. The first-order valence-electron chi connectivity index (χ1n) is 9.17. The van der Waals surface area contributed by atoms with Gasteiger partial charge >= 0.3 is 0 Å². The van der Waals surface area contributed by atoms with Crippen LogP contribution in [0.1, 0.15) is 12.0 Å². The number of carbonyl (C=O) groups is 1. The van der Waals surface area contributed by atoms with E-state index in [-0.39, 0.29) is 5.91 Å². The van der Waals surface area contributed by atoms with E-state index in [1.165, 1.54) is 11.8 Å². The zero-order chi connectivity index (χ0) is 20.9. The Morgan fingerprint density at radius 2 is 1.97 bits per heavy atom. The molecule has 1 aliphatic rings. The van der Waals surface area contributed by atoms with Crippen molar-refractivity contribution >= 4 is 50.5 Å². The topological polar surface area (TPSA) is 83.1 Å². The summed E-state index contributed by atoms with van der Waals surface area (Å²) in [5.74, 6) is -0.193. The minimum Gasteiger partial charge on any atom is -0.300 e. The Morgan fingerprint density at radius 1 is 1.20 bits per heavy atom. The predicted molar refractivity (Wildman–Crippen MR) is 123 cm³/mol. The summed E-state index contributed by atoms with van der Waals surface area (Å²) in [5.41, 5.74) is 3.28. The molecule has 4 rings (SSSR count). The molecule has 1 saturated heterocycles. The van der Waals surface area contributed by atoms with Crippen molar-refractivity contribution in [1.82, 2.24) is 15.1 Å². The van der Waals surface area contributed by atoms with E-state index in [0.29, 0.717) is 23.0 Å². The lowest BCUT2D eigenvalue weighted by molar-refractivity contribution is -0.115. The molecule has 1 amide bonds. The van der Waals surface area contributed by atoms with Gasteiger partial charge in [0, 0.05) is 21.8 Å². The third-order valence-corrected chi connectivity index (χ3v) is 5.72. The number of benzene rings is 2. The Morgan fingerprint density at radius 3 is 2.70 bits per heavy atom. The summed E-state index contributed by atoms with van der Waals surface area (Å²) in [6, 6.07) is 19.4. The number of hydrogen-bond donors (Lipinski definition) is 1. The quantitative estimate of drug-likeness (QED) is 0.517. The van der Waals surface area contributed by atoms with Crippen molar-refractivity contribution in [2.75, 3.05) is 0 Å². The average molecular weight is 478 g/mol. The Kier molecular flexibility index (Phi) is 6.12. The second-order valence-corrected chi connectivity index (χ2v) is 8.37. The largest absolute Gasteiger partial charge is 0.300 e. The molecule has 0 atom stereocenters. The van der Waals surface area contributed by atoms with Crippen LogP contribution in [0.5, 0.6) is 0 Å². The molecule has 0 saturated carbocycles. The number of halogens is 1. The summed E-state index contributed by atoms with van der Waals surface area (Å²) in [6.07, 6.45) is 4.04. The summed E-state index contributed by atoms with van der Waals surface area (Å²) in [6.45, 7) is 0.489. The molecule has 0 aliphatic carbocycles. The van der Waals surface area contributed by atoms with Crippen molar-refractivity contribution in [3.05, 3.63) is 75.7 Å². The molecule has 1 fully saturated rings. The number of nitrogens with zero attached hydrogens (tertiary/aromatic N) is 4. The second-order valence-electron chi connectivity index (χ2n) is 6.43. The SMILES string of the molecule is N#CCCn1cc(C=C2SC(=Nc3ccccc3)NC2=O)c(-c2ccc(Br)cc2)n1. The van der Waals surface area contributed by atoms with Gasteiger partial charge in [-0.25, -0.2) is 4.99 Å². The highest BCUT2D eigenvalue weighted by Gasteiger charge is 2.25. The number of amidine groups is 1. The fraction of sp³-hybridized carbons (Fsp3) is 0.0909. The van der Waals surface area contributed by atoms with Crippen LogP contribution in [0.25, 0.3) is 17.3 Å². The standard InChI is InChI=1S/C22H16BrN5OS/c23-17-9-7-15(8-10-17)20-16(14-28(27-20)12-4-11-24)13-19-21(29)26-22(30-19)25-18-5-2-1-3-6-18/h1-3,5-10,13-14H,4,12H2,(H,25,26,29). The number of carbonyl (C=O) groups excluding carboxylic acids is 1. The number of aryl methyl sites for hydroxylation is 1. The molecule has 0 radical (unpaired) electrons. The first-order chi connectivity index (χ1) is 14.6. The van der Waals surface area contributed by atoms with Crippen LogP contribution in [0.15, 0.2) is 75.2 Å². The number of rotatable bonds is 5. The molecule has 3 aromatic rings. The van der Waals surface area contributed by atoms with Crippen LogP contribution >= 0.6 is 27.7 Å². The summed E-state index contributed by atoms with van der Waals surface area (Å²) >= 11 is 4.74. The molecule has 30 heavy (non-hydrogen) atoms. The van der Waals surface area contributed by atoms with E-state index in [9.17, 15) is 4.79 Å². The first-order valence-corrected chi connectivity index (χ1v) is 10.8. The van der Waals surface area contributed by atoms with Crippen molar-refractivity contribution in [3.8, 4) is 17.3 Å². The van der Waals surface area contributed by atoms with Crippen LogP contribution < -0.4 is 5.32 Å². The molecule has 0 bridgehead atoms. The monoisotopic (exact) mass is 477 g/mol. The van der Waals surface area contributed by atoms with Crippen LogP contribution in [0.4, 0.5) is 5.69 Å². The summed E-state index contributed by atoms with van der Waals surface area (Å²) in [5, 5.41) is 16.9. The molecule has 0 unspecified atom stereocenters. The van der Waals surface area contributed by atoms with Gasteiger partial charge in [0.2, 0.25) is 0 Å².